The Kier molecular flexibility index (Phi) is 14.0. The minimum absolute atomic E-state index is 0.00215. The maximum Gasteiger partial charge on any atom is 0.297 e. The van der Waals surface area contributed by atoms with E-state index in [0.29, 0.717) is 55.9 Å². The summed E-state index contributed by atoms with van der Waals surface area (Å²) < 4.78 is 49.9. The molecule has 18 heteroatoms. The van der Waals surface area contributed by atoms with Gasteiger partial charge in [0, 0.05) is 66.7 Å². The topological polar surface area (TPSA) is 205 Å². The van der Waals surface area contributed by atoms with Gasteiger partial charge in [-0.05, 0) is 156 Å². The summed E-state index contributed by atoms with van der Waals surface area (Å²) in [5.74, 6) is 0.185. The third kappa shape index (κ3) is 10.4. The number of hydrogen-bond acceptors (Lipinski definition) is 14. The Morgan fingerprint density at radius 3 is 2.51 bits per heavy atom. The number of aliphatic hydroxyl groups is 1. The lowest BCUT2D eigenvalue weighted by atomic mass is 9.59. The fraction of sp³-hybridized carbons (Fsp3) is 0.544. The van der Waals surface area contributed by atoms with Crippen molar-refractivity contribution in [1.29, 1.82) is 0 Å². The van der Waals surface area contributed by atoms with Gasteiger partial charge in [0.1, 0.15) is 24.6 Å². The standard InChI is InChI=1S/C57H72N8O9S/c1-5-62-24-8-10-40(62)34-73-55-51(28-38-18-23-58-53(38)60-55)74-49-29-39(63-26-21-57(22-27-63)32-41(33-57)64-25-9-13-47(64)44-12-7-6-11-43(44)36(2)3)14-15-45(49)54(66)61-75(70,71)42-30-48(65(68)69)52-50(31-42)72-35-46(59-52)37-16-19-56(4,67)20-17-37/h6-7,11-12,14-15,18,23,28-31,36-37,40-41,46-47,59,67H,5,8-10,13,16-17,19-22,24-27,32-35H2,1-4H3,(H,58,60)(H,61,66)/t37-,40-,46+,47+,56-/m0/s1. The van der Waals surface area contributed by atoms with Gasteiger partial charge >= 0.3 is 0 Å². The van der Waals surface area contributed by atoms with Crippen LogP contribution in [0.25, 0.3) is 11.0 Å². The van der Waals surface area contributed by atoms with Crippen molar-refractivity contribution in [2.45, 2.75) is 145 Å². The fourth-order valence-corrected chi connectivity index (χ4v) is 14.3. The number of nitrogens with zero attached hydrogens (tertiary/aromatic N) is 5. The Balaban J connectivity index is 0.847. The quantitative estimate of drug-likeness (QED) is 0.0569. The summed E-state index contributed by atoms with van der Waals surface area (Å²) in [4.78, 5) is 41.4. The number of sulfonamides is 1. The summed E-state index contributed by atoms with van der Waals surface area (Å²) in [6.45, 7) is 13.7. The molecule has 6 aliphatic rings. The van der Waals surface area contributed by atoms with Crippen molar-refractivity contribution >= 4 is 44.0 Å². The van der Waals surface area contributed by atoms with E-state index in [2.05, 4.69) is 74.8 Å². The van der Waals surface area contributed by atoms with Crippen LogP contribution in [0.1, 0.15) is 138 Å². The minimum Gasteiger partial charge on any atom is -0.489 e. The summed E-state index contributed by atoms with van der Waals surface area (Å²) in [6, 6.07) is 21.0. The Morgan fingerprint density at radius 1 is 0.973 bits per heavy atom. The number of fused-ring (bicyclic) bond motifs is 2. The smallest absolute Gasteiger partial charge is 0.297 e. The zero-order valence-corrected chi connectivity index (χ0v) is 44.5. The fourth-order valence-electron chi connectivity index (χ4n) is 13.3. The van der Waals surface area contributed by atoms with Crippen LogP contribution in [0.5, 0.6) is 23.1 Å². The maximum absolute atomic E-state index is 14.5. The van der Waals surface area contributed by atoms with Gasteiger partial charge in [0.15, 0.2) is 17.2 Å². The van der Waals surface area contributed by atoms with Crippen LogP contribution in [-0.2, 0) is 10.0 Å². The van der Waals surface area contributed by atoms with Gasteiger partial charge in [-0.1, -0.05) is 45.0 Å². The number of nitrogens with one attached hydrogen (secondary N) is 3. The van der Waals surface area contributed by atoms with E-state index in [-0.39, 0.29) is 64.4 Å². The first-order valence-electron chi connectivity index (χ1n) is 27.3. The predicted molar refractivity (Wildman–Crippen MR) is 288 cm³/mol. The van der Waals surface area contributed by atoms with E-state index in [4.69, 9.17) is 19.2 Å². The third-order valence-electron chi connectivity index (χ3n) is 17.7. The number of benzene rings is 3. The number of likely N-dealkylation sites (N-methyl/N-ethyl adjacent to an activating group) is 1. The summed E-state index contributed by atoms with van der Waals surface area (Å²) in [5.41, 5.74) is 3.41. The van der Waals surface area contributed by atoms with Crippen LogP contribution in [0.2, 0.25) is 0 Å². The Bertz CT molecular complexity index is 3040. The van der Waals surface area contributed by atoms with Crippen molar-refractivity contribution in [3.05, 3.63) is 99.7 Å². The van der Waals surface area contributed by atoms with E-state index in [9.17, 15) is 28.4 Å². The van der Waals surface area contributed by atoms with Gasteiger partial charge < -0.3 is 34.5 Å². The molecule has 3 atom stereocenters. The second-order valence-electron chi connectivity index (χ2n) is 22.9. The average molecular weight is 1050 g/mol. The summed E-state index contributed by atoms with van der Waals surface area (Å²) >= 11 is 0. The largest absolute Gasteiger partial charge is 0.489 e. The molecule has 11 rings (SSSR count). The normalized spacial score (nSPS) is 25.2. The second kappa shape index (κ2) is 20.5. The van der Waals surface area contributed by atoms with E-state index < -0.39 is 37.0 Å². The van der Waals surface area contributed by atoms with Crippen molar-refractivity contribution in [3.63, 3.8) is 0 Å². The third-order valence-corrected chi connectivity index (χ3v) is 19.0. The number of ether oxygens (including phenoxy) is 3. The molecule has 2 aromatic heterocycles. The van der Waals surface area contributed by atoms with Crippen LogP contribution in [0.3, 0.4) is 0 Å². The molecule has 17 nitrogen and oxygen atoms in total. The van der Waals surface area contributed by atoms with Crippen LogP contribution in [0.15, 0.2) is 77.8 Å². The molecule has 1 spiro atoms. The first kappa shape index (κ1) is 51.2. The number of hydrogen-bond donors (Lipinski definition) is 4. The molecule has 5 aromatic rings. The summed E-state index contributed by atoms with van der Waals surface area (Å²) in [5, 5.41) is 27.1. The molecule has 0 unspecified atom stereocenters. The number of amides is 1. The van der Waals surface area contributed by atoms with E-state index >= 15 is 0 Å². The highest BCUT2D eigenvalue weighted by atomic mass is 32.2. The summed E-state index contributed by atoms with van der Waals surface area (Å²) in [7, 11) is -4.72. The van der Waals surface area contributed by atoms with Crippen LogP contribution in [-0.4, -0.2) is 114 Å². The molecule has 75 heavy (non-hydrogen) atoms. The van der Waals surface area contributed by atoms with Crippen LogP contribution < -0.4 is 29.1 Å². The molecule has 4 N–H and O–H groups in total. The van der Waals surface area contributed by atoms with Gasteiger partial charge in [0.2, 0.25) is 0 Å². The molecule has 3 aromatic carbocycles. The number of pyridine rings is 1. The number of carbonyl (C=O) groups is 1. The van der Waals surface area contributed by atoms with Crippen molar-refractivity contribution in [3.8, 4) is 23.1 Å². The van der Waals surface area contributed by atoms with Crippen molar-refractivity contribution in [2.75, 3.05) is 56.2 Å². The zero-order valence-electron chi connectivity index (χ0n) is 43.7. The molecule has 6 heterocycles. The number of piperidine rings is 1. The lowest BCUT2D eigenvalue weighted by Gasteiger charge is -2.56. The lowest BCUT2D eigenvalue weighted by Crippen LogP contribution is -2.54. The van der Waals surface area contributed by atoms with Gasteiger partial charge in [-0.2, -0.15) is 4.98 Å². The van der Waals surface area contributed by atoms with Gasteiger partial charge in [-0.15, -0.1) is 0 Å². The van der Waals surface area contributed by atoms with Gasteiger partial charge in [0.25, 0.3) is 27.5 Å². The van der Waals surface area contributed by atoms with Gasteiger partial charge in [-0.3, -0.25) is 24.7 Å². The predicted octanol–water partition coefficient (Wildman–Crippen LogP) is 10.1. The van der Waals surface area contributed by atoms with Crippen LogP contribution >= 0.6 is 0 Å². The number of H-pyrrole nitrogens is 1. The number of nitro benzene ring substituents is 1. The highest BCUT2D eigenvalue weighted by molar-refractivity contribution is 7.90. The van der Waals surface area contributed by atoms with E-state index in [0.717, 1.165) is 75.5 Å². The summed E-state index contributed by atoms with van der Waals surface area (Å²) in [6.07, 6.45) is 13.3. The Labute approximate surface area is 439 Å². The molecule has 3 saturated heterocycles. The molecule has 1 amide bonds. The van der Waals surface area contributed by atoms with Gasteiger partial charge in [0.05, 0.1) is 27.0 Å². The number of rotatable bonds is 15. The first-order chi connectivity index (χ1) is 36.1. The van der Waals surface area contributed by atoms with E-state index in [1.807, 2.05) is 19.1 Å². The number of nitro groups is 1. The maximum atomic E-state index is 14.5. The van der Waals surface area contributed by atoms with Gasteiger partial charge in [-0.25, -0.2) is 13.1 Å². The zero-order chi connectivity index (χ0) is 52.2. The molecule has 4 aliphatic heterocycles. The molecular weight excluding hydrogens is 973 g/mol. The molecular formula is C57H72N8O9S. The Morgan fingerprint density at radius 2 is 1.75 bits per heavy atom. The molecule has 5 fully saturated rings. The van der Waals surface area contributed by atoms with Crippen molar-refractivity contribution < 1.29 is 37.5 Å². The molecule has 2 aliphatic carbocycles. The molecule has 2 saturated carbocycles. The number of aromatic amines is 1. The minimum atomic E-state index is -4.72. The highest BCUT2D eigenvalue weighted by Gasteiger charge is 2.50. The van der Waals surface area contributed by atoms with E-state index in [1.165, 1.54) is 42.9 Å². The first-order valence-corrected chi connectivity index (χ1v) is 28.8. The Hall–Kier alpha value is -5.95. The van der Waals surface area contributed by atoms with E-state index in [1.54, 1.807) is 24.4 Å². The van der Waals surface area contributed by atoms with Crippen molar-refractivity contribution in [2.24, 2.45) is 11.3 Å². The highest BCUT2D eigenvalue weighted by Crippen LogP contribution is 2.55. The molecule has 400 valence electrons. The average Bonchev–Trinajstić information content (AvgIpc) is 4.19. The number of likely N-dealkylation sites (tertiary alicyclic amines) is 2. The lowest BCUT2D eigenvalue weighted by molar-refractivity contribution is -0.384. The van der Waals surface area contributed by atoms with Crippen LogP contribution in [0, 0.1) is 21.4 Å². The number of carbonyl (C=O) groups excluding carboxylic acids is 1. The van der Waals surface area contributed by atoms with Crippen LogP contribution in [0.4, 0.5) is 17.1 Å². The number of aromatic nitrogens is 2. The molecule has 0 radical (unpaired) electrons. The number of anilines is 2. The second-order valence-corrected chi connectivity index (χ2v) is 24.5. The molecule has 0 bridgehead atoms. The van der Waals surface area contributed by atoms with Crippen molar-refractivity contribution in [1.82, 2.24) is 24.5 Å². The monoisotopic (exact) mass is 1040 g/mol. The SMILES string of the molecule is CCN1CCC[C@H]1COc1nc2[nH]ccc2cc1Oc1cc(N2CCC3(CC2)CC(N2CCC[C@@H]2c2ccccc2C(C)C)C3)ccc1C(=O)NS(=O)(=O)c1cc2c(c([N+](=O)[O-])c1)N[C@@H]([C@H]1CC[C@](C)(O)CC1)CO2.